The van der Waals surface area contributed by atoms with Gasteiger partial charge in [-0.2, -0.15) is 0 Å². The molecule has 41 heavy (non-hydrogen) atoms. The van der Waals surface area contributed by atoms with Crippen molar-refractivity contribution in [2.45, 2.75) is 58.3 Å². The molecule has 0 aliphatic carbocycles. The van der Waals surface area contributed by atoms with Crippen LogP contribution in [0.1, 0.15) is 52.5 Å². The van der Waals surface area contributed by atoms with Gasteiger partial charge in [-0.25, -0.2) is 4.68 Å². The van der Waals surface area contributed by atoms with Crippen LogP contribution < -0.4 is 5.56 Å². The molecule has 3 heterocycles. The molecule has 5 aromatic rings. The summed E-state index contributed by atoms with van der Waals surface area (Å²) in [5.41, 5.74) is 6.06. The molecule has 1 saturated heterocycles. The van der Waals surface area contributed by atoms with E-state index in [1.807, 2.05) is 28.9 Å². The van der Waals surface area contributed by atoms with Crippen molar-refractivity contribution in [3.05, 3.63) is 123 Å². The number of hydrogen-bond acceptors (Lipinski definition) is 6. The SMILES string of the molecule is Cc1cc2cc([C@H](c3nnnn3C[C@H]3CCCO3)N(CCc3ccccc3)Cc3ccccc3)c(=O)[nH]c2cc1C. The molecule has 0 spiro atoms. The van der Waals surface area contributed by atoms with Crippen molar-refractivity contribution in [3.63, 3.8) is 0 Å². The topological polar surface area (TPSA) is 88.9 Å². The zero-order chi connectivity index (χ0) is 28.2. The molecule has 1 N–H and O–H groups in total. The van der Waals surface area contributed by atoms with Crippen molar-refractivity contribution in [3.8, 4) is 0 Å². The van der Waals surface area contributed by atoms with E-state index in [2.05, 4.69) is 93.9 Å². The number of nitrogens with zero attached hydrogens (tertiary/aromatic N) is 5. The van der Waals surface area contributed by atoms with Crippen molar-refractivity contribution in [1.82, 2.24) is 30.1 Å². The highest BCUT2D eigenvalue weighted by atomic mass is 16.5. The lowest BCUT2D eigenvalue weighted by Crippen LogP contribution is -2.37. The van der Waals surface area contributed by atoms with E-state index in [9.17, 15) is 4.79 Å². The molecular weight excluding hydrogens is 512 g/mol. The number of aromatic amines is 1. The Hall–Kier alpha value is -4.14. The maximum Gasteiger partial charge on any atom is 0.253 e. The molecule has 2 aromatic heterocycles. The van der Waals surface area contributed by atoms with Gasteiger partial charge in [0.05, 0.1) is 12.6 Å². The van der Waals surface area contributed by atoms with E-state index < -0.39 is 6.04 Å². The van der Waals surface area contributed by atoms with Gasteiger partial charge in [-0.05, 0) is 89.4 Å². The predicted molar refractivity (Wildman–Crippen MR) is 160 cm³/mol. The summed E-state index contributed by atoms with van der Waals surface area (Å²) >= 11 is 0. The third-order valence-corrected chi connectivity index (χ3v) is 8.11. The van der Waals surface area contributed by atoms with Gasteiger partial charge < -0.3 is 9.72 Å². The van der Waals surface area contributed by atoms with Crippen LogP contribution in [-0.4, -0.2) is 49.3 Å². The highest BCUT2D eigenvalue weighted by molar-refractivity contribution is 5.81. The van der Waals surface area contributed by atoms with Crippen molar-refractivity contribution in [2.75, 3.05) is 13.2 Å². The summed E-state index contributed by atoms with van der Waals surface area (Å²) in [5.74, 6) is 0.651. The average molecular weight is 549 g/mol. The number of benzene rings is 3. The number of pyridine rings is 1. The highest BCUT2D eigenvalue weighted by Gasteiger charge is 2.32. The van der Waals surface area contributed by atoms with Crippen LogP contribution >= 0.6 is 0 Å². The average Bonchev–Trinajstić information content (AvgIpc) is 3.67. The monoisotopic (exact) mass is 548 g/mol. The van der Waals surface area contributed by atoms with Crippen molar-refractivity contribution < 1.29 is 4.74 Å². The van der Waals surface area contributed by atoms with Crippen molar-refractivity contribution >= 4 is 10.9 Å². The number of ether oxygens (including phenoxy) is 1. The number of aryl methyl sites for hydroxylation is 2. The fourth-order valence-corrected chi connectivity index (χ4v) is 5.75. The van der Waals surface area contributed by atoms with Gasteiger partial charge >= 0.3 is 0 Å². The molecule has 0 amide bonds. The molecule has 1 fully saturated rings. The summed E-state index contributed by atoms with van der Waals surface area (Å²) in [6.07, 6.45) is 2.89. The van der Waals surface area contributed by atoms with Crippen LogP contribution in [-0.2, 0) is 24.2 Å². The quantitative estimate of drug-likeness (QED) is 0.260. The van der Waals surface area contributed by atoms with Crippen molar-refractivity contribution in [1.29, 1.82) is 0 Å². The van der Waals surface area contributed by atoms with E-state index in [0.29, 0.717) is 31.0 Å². The summed E-state index contributed by atoms with van der Waals surface area (Å²) in [4.78, 5) is 19.4. The van der Waals surface area contributed by atoms with Crippen LogP contribution in [0, 0.1) is 13.8 Å². The van der Waals surface area contributed by atoms with Gasteiger partial charge in [0, 0.05) is 30.8 Å². The zero-order valence-corrected chi connectivity index (χ0v) is 23.7. The van der Waals surface area contributed by atoms with Gasteiger partial charge in [-0.3, -0.25) is 9.69 Å². The first-order valence-corrected chi connectivity index (χ1v) is 14.4. The lowest BCUT2D eigenvalue weighted by atomic mass is 9.99. The van der Waals surface area contributed by atoms with Crippen LogP contribution in [0.5, 0.6) is 0 Å². The number of H-pyrrole nitrogens is 1. The summed E-state index contributed by atoms with van der Waals surface area (Å²) in [6.45, 7) is 6.82. The second-order valence-corrected chi connectivity index (χ2v) is 11.0. The minimum Gasteiger partial charge on any atom is -0.376 e. The predicted octanol–water partition coefficient (Wildman–Crippen LogP) is 5.14. The van der Waals surface area contributed by atoms with Crippen LogP contribution in [0.4, 0.5) is 0 Å². The molecule has 0 saturated carbocycles. The summed E-state index contributed by atoms with van der Waals surface area (Å²) in [5, 5.41) is 14.0. The number of fused-ring (bicyclic) bond motifs is 1. The number of tetrazole rings is 1. The minimum absolute atomic E-state index is 0.0605. The Morgan fingerprint density at radius 2 is 1.73 bits per heavy atom. The molecule has 8 heteroatoms. The van der Waals surface area contributed by atoms with E-state index in [1.54, 1.807) is 0 Å². The first-order chi connectivity index (χ1) is 20.0. The summed E-state index contributed by atoms with van der Waals surface area (Å²) < 4.78 is 7.77. The van der Waals surface area contributed by atoms with Crippen LogP contribution in [0.15, 0.2) is 83.7 Å². The Morgan fingerprint density at radius 3 is 2.46 bits per heavy atom. The molecule has 1 aliphatic rings. The summed E-state index contributed by atoms with van der Waals surface area (Å²) in [7, 11) is 0. The summed E-state index contributed by atoms with van der Waals surface area (Å²) in [6, 6.07) is 26.6. The van der Waals surface area contributed by atoms with Crippen molar-refractivity contribution in [2.24, 2.45) is 0 Å². The maximum absolute atomic E-state index is 13.9. The molecular formula is C33H36N6O2. The van der Waals surface area contributed by atoms with E-state index in [-0.39, 0.29) is 11.7 Å². The lowest BCUT2D eigenvalue weighted by Gasteiger charge is -2.31. The van der Waals surface area contributed by atoms with Crippen LogP contribution in [0.25, 0.3) is 10.9 Å². The molecule has 210 valence electrons. The Labute approximate surface area is 240 Å². The maximum atomic E-state index is 13.9. The van der Waals surface area contributed by atoms with Crippen LogP contribution in [0.3, 0.4) is 0 Å². The standard InChI is InChI=1S/C33H36N6O2/c1-23-18-27-20-29(33(40)34-30(27)19-24(23)2)31(32-35-36-37-39(32)22-28-14-9-17-41-28)38(21-26-12-7-4-8-13-26)16-15-25-10-5-3-6-11-25/h3-8,10-13,18-20,28,31H,9,14-17,21-22H2,1-2H3,(H,34,40)/t28-,31-/m1/s1. The van der Waals surface area contributed by atoms with Gasteiger partial charge in [-0.1, -0.05) is 60.7 Å². The van der Waals surface area contributed by atoms with E-state index in [0.717, 1.165) is 47.9 Å². The number of hydrogen-bond donors (Lipinski definition) is 1. The Kier molecular flexibility index (Phi) is 8.02. The third-order valence-electron chi connectivity index (χ3n) is 8.11. The molecule has 0 radical (unpaired) electrons. The molecule has 2 atom stereocenters. The molecule has 8 nitrogen and oxygen atoms in total. The normalized spacial score (nSPS) is 16.0. The highest BCUT2D eigenvalue weighted by Crippen LogP contribution is 2.30. The number of nitrogens with one attached hydrogen (secondary N) is 1. The fraction of sp³-hybridized carbons (Fsp3) is 0.333. The van der Waals surface area contributed by atoms with E-state index >= 15 is 0 Å². The Morgan fingerprint density at radius 1 is 1.00 bits per heavy atom. The Bertz CT molecular complexity index is 1660. The largest absolute Gasteiger partial charge is 0.376 e. The van der Waals surface area contributed by atoms with E-state index in [4.69, 9.17) is 4.74 Å². The minimum atomic E-state index is -0.468. The zero-order valence-electron chi connectivity index (χ0n) is 23.7. The lowest BCUT2D eigenvalue weighted by molar-refractivity contribution is 0.0906. The molecule has 3 aromatic carbocycles. The second-order valence-electron chi connectivity index (χ2n) is 11.0. The Balaban J connectivity index is 1.48. The third kappa shape index (κ3) is 6.14. The molecule has 0 bridgehead atoms. The number of aromatic nitrogens is 5. The van der Waals surface area contributed by atoms with Gasteiger partial charge in [-0.15, -0.1) is 5.10 Å². The van der Waals surface area contributed by atoms with Gasteiger partial charge in [0.2, 0.25) is 0 Å². The molecule has 6 rings (SSSR count). The number of rotatable bonds is 10. The fourth-order valence-electron chi connectivity index (χ4n) is 5.75. The molecule has 0 unspecified atom stereocenters. The first kappa shape index (κ1) is 27.1. The van der Waals surface area contributed by atoms with Gasteiger partial charge in [0.25, 0.3) is 5.56 Å². The van der Waals surface area contributed by atoms with Crippen LogP contribution in [0.2, 0.25) is 0 Å². The van der Waals surface area contributed by atoms with Gasteiger partial charge in [0.1, 0.15) is 6.04 Å². The first-order valence-electron chi connectivity index (χ1n) is 14.4. The van der Waals surface area contributed by atoms with Gasteiger partial charge in [0.15, 0.2) is 5.82 Å². The second kappa shape index (κ2) is 12.2. The smallest absolute Gasteiger partial charge is 0.253 e. The molecule has 1 aliphatic heterocycles. The van der Waals surface area contributed by atoms with E-state index in [1.165, 1.54) is 11.1 Å².